The van der Waals surface area contributed by atoms with Crippen LogP contribution in [0.2, 0.25) is 5.15 Å². The summed E-state index contributed by atoms with van der Waals surface area (Å²) in [6.45, 7) is 0. The highest BCUT2D eigenvalue weighted by molar-refractivity contribution is 6.29. The average Bonchev–Trinajstić information content (AvgIpc) is 2.30. The second-order valence-corrected chi connectivity index (χ2v) is 2.52. The molecule has 0 atom stereocenters. The van der Waals surface area contributed by atoms with Crippen molar-refractivity contribution in [1.82, 2.24) is 19.9 Å². The zero-order valence-corrected chi connectivity index (χ0v) is 6.40. The van der Waals surface area contributed by atoms with Gasteiger partial charge in [0, 0.05) is 0 Å². The number of rotatable bonds is 0. The molecule has 2 aromatic heterocycles. The molecule has 0 radical (unpaired) electrons. The fourth-order valence-electron chi connectivity index (χ4n) is 0.862. The van der Waals surface area contributed by atoms with Crippen molar-refractivity contribution in [3.63, 3.8) is 0 Å². The summed E-state index contributed by atoms with van der Waals surface area (Å²) < 4.78 is 0. The van der Waals surface area contributed by atoms with Crippen molar-refractivity contribution in [2.45, 2.75) is 0 Å². The molecule has 0 aliphatic rings. The monoisotopic (exact) mass is 186 g/mol. The SMILES string of the molecule is O=c1[nH]c2nc(Cl)c(=O)[nH]c2[nH]1. The molecule has 12 heavy (non-hydrogen) atoms. The normalized spacial score (nSPS) is 10.8. The van der Waals surface area contributed by atoms with Crippen molar-refractivity contribution in [2.24, 2.45) is 0 Å². The molecule has 2 heterocycles. The van der Waals surface area contributed by atoms with Gasteiger partial charge in [0.25, 0.3) is 5.56 Å². The summed E-state index contributed by atoms with van der Waals surface area (Å²) >= 11 is 5.41. The van der Waals surface area contributed by atoms with E-state index in [-0.39, 0.29) is 16.4 Å². The van der Waals surface area contributed by atoms with Crippen molar-refractivity contribution in [3.05, 3.63) is 26.0 Å². The Balaban J connectivity index is 3.01. The second kappa shape index (κ2) is 2.21. The quantitative estimate of drug-likeness (QED) is 0.522. The Morgan fingerprint density at radius 3 is 2.67 bits per heavy atom. The van der Waals surface area contributed by atoms with E-state index in [1.807, 2.05) is 0 Å². The molecule has 2 aromatic rings. The van der Waals surface area contributed by atoms with Gasteiger partial charge < -0.3 is 4.98 Å². The highest BCUT2D eigenvalue weighted by atomic mass is 35.5. The minimum Gasteiger partial charge on any atom is -0.303 e. The van der Waals surface area contributed by atoms with Gasteiger partial charge in [-0.1, -0.05) is 11.6 Å². The maximum absolute atomic E-state index is 10.9. The van der Waals surface area contributed by atoms with Crippen LogP contribution in [0.1, 0.15) is 0 Å². The van der Waals surface area contributed by atoms with Gasteiger partial charge in [-0.05, 0) is 0 Å². The maximum atomic E-state index is 10.9. The molecule has 0 spiro atoms. The van der Waals surface area contributed by atoms with Gasteiger partial charge >= 0.3 is 5.69 Å². The minimum atomic E-state index is -0.528. The van der Waals surface area contributed by atoms with Crippen LogP contribution in [0.5, 0.6) is 0 Å². The number of H-pyrrole nitrogens is 3. The van der Waals surface area contributed by atoms with Gasteiger partial charge in [-0.15, -0.1) is 0 Å². The Bertz CT molecular complexity index is 536. The number of halogens is 1. The molecule has 7 heteroatoms. The van der Waals surface area contributed by atoms with Crippen molar-refractivity contribution in [1.29, 1.82) is 0 Å². The first-order valence-electron chi connectivity index (χ1n) is 3.04. The summed E-state index contributed by atoms with van der Waals surface area (Å²) in [5.41, 5.74) is -0.478. The maximum Gasteiger partial charge on any atom is 0.326 e. The Morgan fingerprint density at radius 2 is 1.92 bits per heavy atom. The fourth-order valence-corrected chi connectivity index (χ4v) is 0.994. The van der Waals surface area contributed by atoms with Crippen LogP contribution in [0, 0.1) is 0 Å². The number of aromatic amines is 3. The van der Waals surface area contributed by atoms with Gasteiger partial charge in [0.1, 0.15) is 0 Å². The predicted octanol–water partition coefficient (Wildman–Crippen LogP) is -0.407. The van der Waals surface area contributed by atoms with Crippen LogP contribution in [-0.4, -0.2) is 19.9 Å². The van der Waals surface area contributed by atoms with E-state index in [9.17, 15) is 9.59 Å². The van der Waals surface area contributed by atoms with Crippen LogP contribution in [0.4, 0.5) is 0 Å². The Morgan fingerprint density at radius 1 is 1.17 bits per heavy atom. The Hall–Kier alpha value is -1.56. The van der Waals surface area contributed by atoms with Crippen LogP contribution in [0.3, 0.4) is 0 Å². The Labute approximate surface area is 69.6 Å². The number of hydrogen-bond donors (Lipinski definition) is 3. The second-order valence-electron chi connectivity index (χ2n) is 2.16. The lowest BCUT2D eigenvalue weighted by Gasteiger charge is -1.87. The van der Waals surface area contributed by atoms with Crippen LogP contribution < -0.4 is 11.2 Å². The first kappa shape index (κ1) is 7.11. The molecule has 0 saturated heterocycles. The third kappa shape index (κ3) is 0.928. The van der Waals surface area contributed by atoms with E-state index in [2.05, 4.69) is 19.9 Å². The lowest BCUT2D eigenvalue weighted by molar-refractivity contribution is 1.18. The highest BCUT2D eigenvalue weighted by Crippen LogP contribution is 2.00. The van der Waals surface area contributed by atoms with Gasteiger partial charge in [-0.25, -0.2) is 9.78 Å². The molecule has 0 aromatic carbocycles. The van der Waals surface area contributed by atoms with Gasteiger partial charge in [-0.2, -0.15) is 0 Å². The standard InChI is InChI=1S/C5H3ClN4O2/c6-1-4(11)8-3-2(7-1)9-5(12)10-3/h(H3,7,8,9,10,11,12). The smallest absolute Gasteiger partial charge is 0.303 e. The molecule has 6 nitrogen and oxygen atoms in total. The van der Waals surface area contributed by atoms with Crippen LogP contribution >= 0.6 is 11.6 Å². The average molecular weight is 187 g/mol. The van der Waals surface area contributed by atoms with Gasteiger partial charge in [0.05, 0.1) is 0 Å². The van der Waals surface area contributed by atoms with Crippen molar-refractivity contribution >= 4 is 22.9 Å². The van der Waals surface area contributed by atoms with E-state index in [4.69, 9.17) is 11.6 Å². The molecular formula is C5H3ClN4O2. The van der Waals surface area contributed by atoms with Crippen molar-refractivity contribution < 1.29 is 0 Å². The summed E-state index contributed by atoms with van der Waals surface area (Å²) in [5.74, 6) is 0. The van der Waals surface area contributed by atoms with Crippen molar-refractivity contribution in [2.75, 3.05) is 0 Å². The molecule has 2 rings (SSSR count). The highest BCUT2D eigenvalue weighted by Gasteiger charge is 2.03. The zero-order chi connectivity index (χ0) is 8.72. The largest absolute Gasteiger partial charge is 0.326 e. The van der Waals surface area contributed by atoms with Gasteiger partial charge in [-0.3, -0.25) is 14.8 Å². The third-order valence-corrected chi connectivity index (χ3v) is 1.60. The molecular weight excluding hydrogens is 184 g/mol. The molecule has 0 aliphatic heterocycles. The molecule has 0 aliphatic carbocycles. The van der Waals surface area contributed by atoms with E-state index in [1.165, 1.54) is 0 Å². The number of fused-ring (bicyclic) bond motifs is 1. The van der Waals surface area contributed by atoms with E-state index < -0.39 is 11.2 Å². The predicted molar refractivity (Wildman–Crippen MR) is 42.3 cm³/mol. The van der Waals surface area contributed by atoms with Gasteiger partial charge in [0.2, 0.25) is 0 Å². The number of nitrogens with one attached hydrogen (secondary N) is 3. The number of hydrogen-bond acceptors (Lipinski definition) is 3. The molecule has 0 bridgehead atoms. The van der Waals surface area contributed by atoms with E-state index in [1.54, 1.807) is 0 Å². The van der Waals surface area contributed by atoms with Crippen LogP contribution in [0.15, 0.2) is 9.59 Å². The fraction of sp³-hybridized carbons (Fsp3) is 0. The lowest BCUT2D eigenvalue weighted by Crippen LogP contribution is -2.07. The number of nitrogens with zero attached hydrogens (tertiary/aromatic N) is 1. The summed E-state index contributed by atoms with van der Waals surface area (Å²) in [5, 5.41) is -0.197. The molecule has 0 amide bonds. The van der Waals surface area contributed by atoms with Crippen LogP contribution in [0.25, 0.3) is 11.3 Å². The molecule has 0 unspecified atom stereocenters. The van der Waals surface area contributed by atoms with E-state index in [0.717, 1.165) is 0 Å². The molecule has 3 N–H and O–H groups in total. The summed E-state index contributed by atoms with van der Waals surface area (Å²) in [4.78, 5) is 32.2. The van der Waals surface area contributed by atoms with E-state index >= 15 is 0 Å². The van der Waals surface area contributed by atoms with Crippen molar-refractivity contribution in [3.8, 4) is 0 Å². The molecule has 0 fully saturated rings. The molecule has 0 saturated carbocycles. The lowest BCUT2D eigenvalue weighted by atomic mass is 10.7. The van der Waals surface area contributed by atoms with Gasteiger partial charge in [0.15, 0.2) is 16.4 Å². The topological polar surface area (TPSA) is 94.4 Å². The third-order valence-electron chi connectivity index (χ3n) is 1.34. The first-order chi connectivity index (χ1) is 5.66. The zero-order valence-electron chi connectivity index (χ0n) is 5.64. The summed E-state index contributed by atoms with van der Waals surface area (Å²) in [6, 6.07) is 0. The number of aromatic nitrogens is 4. The van der Waals surface area contributed by atoms with Crippen LogP contribution in [-0.2, 0) is 0 Å². The summed E-state index contributed by atoms with van der Waals surface area (Å²) in [7, 11) is 0. The number of imidazole rings is 1. The Kier molecular flexibility index (Phi) is 1.31. The first-order valence-corrected chi connectivity index (χ1v) is 3.42. The minimum absolute atomic E-state index is 0.197. The van der Waals surface area contributed by atoms with E-state index in [0.29, 0.717) is 0 Å². The summed E-state index contributed by atoms with van der Waals surface area (Å²) in [6.07, 6.45) is 0. The molecule has 62 valence electrons.